The van der Waals surface area contributed by atoms with Gasteiger partial charge in [-0.05, 0) is 24.3 Å². The maximum absolute atomic E-state index is 13.3. The van der Waals surface area contributed by atoms with Gasteiger partial charge in [0.1, 0.15) is 0 Å². The summed E-state index contributed by atoms with van der Waals surface area (Å²) in [5.41, 5.74) is -0.246. The number of pyridine rings is 1. The Morgan fingerprint density at radius 2 is 1.89 bits per heavy atom. The summed E-state index contributed by atoms with van der Waals surface area (Å²) < 4.78 is 38.9. The lowest BCUT2D eigenvalue weighted by molar-refractivity contribution is 0.102. The van der Waals surface area contributed by atoms with E-state index in [1.54, 1.807) is 0 Å². The molecule has 1 amide bonds. The van der Waals surface area contributed by atoms with Gasteiger partial charge >= 0.3 is 0 Å². The zero-order chi connectivity index (χ0) is 13.1. The van der Waals surface area contributed by atoms with Crippen molar-refractivity contribution in [2.75, 3.05) is 5.32 Å². The topological polar surface area (TPSA) is 42.0 Å². The van der Waals surface area contributed by atoms with Crippen LogP contribution in [0.5, 0.6) is 0 Å². The maximum atomic E-state index is 13.3. The molecule has 0 unspecified atom stereocenters. The van der Waals surface area contributed by atoms with Crippen LogP contribution >= 0.6 is 0 Å². The highest BCUT2D eigenvalue weighted by molar-refractivity contribution is 6.04. The first-order chi connectivity index (χ1) is 8.59. The zero-order valence-electron chi connectivity index (χ0n) is 8.95. The van der Waals surface area contributed by atoms with Gasteiger partial charge in [0.2, 0.25) is 0 Å². The molecule has 18 heavy (non-hydrogen) atoms. The molecular weight excluding hydrogens is 245 g/mol. The Labute approximate surface area is 100 Å². The van der Waals surface area contributed by atoms with Crippen LogP contribution in [-0.4, -0.2) is 10.9 Å². The molecule has 0 atom stereocenters. The van der Waals surface area contributed by atoms with E-state index in [4.69, 9.17) is 0 Å². The molecule has 0 aliphatic rings. The van der Waals surface area contributed by atoms with Crippen LogP contribution in [0.2, 0.25) is 0 Å². The predicted octanol–water partition coefficient (Wildman–Crippen LogP) is 2.75. The van der Waals surface area contributed by atoms with E-state index < -0.39 is 29.0 Å². The average Bonchev–Trinajstić information content (AvgIpc) is 2.40. The Kier molecular flexibility index (Phi) is 3.27. The van der Waals surface area contributed by atoms with Crippen molar-refractivity contribution in [2.45, 2.75) is 0 Å². The summed E-state index contributed by atoms with van der Waals surface area (Å²) >= 11 is 0. The first-order valence-electron chi connectivity index (χ1n) is 4.94. The summed E-state index contributed by atoms with van der Waals surface area (Å²) in [6, 6.07) is 4.66. The van der Waals surface area contributed by atoms with Crippen molar-refractivity contribution >= 4 is 11.6 Å². The largest absolute Gasteiger partial charge is 0.319 e. The fourth-order valence-electron chi connectivity index (χ4n) is 1.31. The van der Waals surface area contributed by atoms with Crippen LogP contribution in [0.1, 0.15) is 10.4 Å². The van der Waals surface area contributed by atoms with Crippen molar-refractivity contribution in [1.82, 2.24) is 4.98 Å². The Morgan fingerprint density at radius 3 is 2.56 bits per heavy atom. The predicted molar refractivity (Wildman–Crippen MR) is 58.5 cm³/mol. The number of hydrogen-bond acceptors (Lipinski definition) is 2. The number of nitrogens with one attached hydrogen (secondary N) is 1. The number of amides is 1. The van der Waals surface area contributed by atoms with E-state index in [9.17, 15) is 18.0 Å². The van der Waals surface area contributed by atoms with Gasteiger partial charge in [0.15, 0.2) is 17.5 Å². The van der Waals surface area contributed by atoms with Gasteiger partial charge in [0, 0.05) is 12.4 Å². The van der Waals surface area contributed by atoms with Crippen LogP contribution in [0.15, 0.2) is 36.7 Å². The molecule has 0 aliphatic carbocycles. The molecule has 2 aromatic rings. The van der Waals surface area contributed by atoms with E-state index >= 15 is 0 Å². The normalized spacial score (nSPS) is 10.2. The summed E-state index contributed by atoms with van der Waals surface area (Å²) in [6.07, 6.45) is 2.74. The molecule has 2 rings (SSSR count). The van der Waals surface area contributed by atoms with E-state index in [0.717, 1.165) is 12.1 Å². The Balaban J connectivity index is 2.26. The van der Waals surface area contributed by atoms with Crippen molar-refractivity contribution in [1.29, 1.82) is 0 Å². The number of halogens is 3. The summed E-state index contributed by atoms with van der Waals surface area (Å²) in [4.78, 5) is 15.3. The van der Waals surface area contributed by atoms with E-state index in [2.05, 4.69) is 10.3 Å². The second-order valence-corrected chi connectivity index (χ2v) is 3.42. The van der Waals surface area contributed by atoms with Gasteiger partial charge in [0.05, 0.1) is 11.3 Å². The fourth-order valence-corrected chi connectivity index (χ4v) is 1.31. The molecule has 1 N–H and O–H groups in total. The van der Waals surface area contributed by atoms with Gasteiger partial charge in [0.25, 0.3) is 5.91 Å². The third-order valence-electron chi connectivity index (χ3n) is 2.21. The summed E-state index contributed by atoms with van der Waals surface area (Å²) in [5, 5.41) is 2.13. The number of carbonyl (C=O) groups excluding carboxylic acids is 1. The zero-order valence-corrected chi connectivity index (χ0v) is 8.95. The SMILES string of the molecule is O=C(Nc1ccc(F)c(F)c1F)c1cccnc1. The number of carbonyl (C=O) groups is 1. The average molecular weight is 252 g/mol. The van der Waals surface area contributed by atoms with E-state index in [0.29, 0.717) is 0 Å². The highest BCUT2D eigenvalue weighted by Crippen LogP contribution is 2.20. The molecule has 0 spiro atoms. The van der Waals surface area contributed by atoms with Gasteiger partial charge in [-0.1, -0.05) is 0 Å². The Morgan fingerprint density at radius 1 is 1.11 bits per heavy atom. The minimum atomic E-state index is -1.63. The van der Waals surface area contributed by atoms with Crippen molar-refractivity contribution in [3.05, 3.63) is 59.7 Å². The second kappa shape index (κ2) is 4.87. The van der Waals surface area contributed by atoms with E-state index in [1.807, 2.05) is 0 Å². The third-order valence-corrected chi connectivity index (χ3v) is 2.21. The Hall–Kier alpha value is -2.37. The second-order valence-electron chi connectivity index (χ2n) is 3.42. The van der Waals surface area contributed by atoms with Crippen LogP contribution < -0.4 is 5.32 Å². The van der Waals surface area contributed by atoms with Crippen LogP contribution in [-0.2, 0) is 0 Å². The van der Waals surface area contributed by atoms with Crippen molar-refractivity contribution in [3.8, 4) is 0 Å². The molecule has 0 aliphatic heterocycles. The smallest absolute Gasteiger partial charge is 0.257 e. The fraction of sp³-hybridized carbons (Fsp3) is 0. The van der Waals surface area contributed by atoms with Crippen LogP contribution in [0.4, 0.5) is 18.9 Å². The van der Waals surface area contributed by atoms with Gasteiger partial charge < -0.3 is 5.32 Å². The monoisotopic (exact) mass is 252 g/mol. The van der Waals surface area contributed by atoms with Gasteiger partial charge in [-0.3, -0.25) is 9.78 Å². The van der Waals surface area contributed by atoms with Gasteiger partial charge in [-0.2, -0.15) is 0 Å². The number of benzene rings is 1. The number of nitrogens with zero attached hydrogens (tertiary/aromatic N) is 1. The Bertz CT molecular complexity index is 587. The molecule has 0 bridgehead atoms. The number of anilines is 1. The number of hydrogen-bond donors (Lipinski definition) is 1. The van der Waals surface area contributed by atoms with Crippen molar-refractivity contribution < 1.29 is 18.0 Å². The van der Waals surface area contributed by atoms with Gasteiger partial charge in [-0.25, -0.2) is 13.2 Å². The third kappa shape index (κ3) is 2.32. The molecule has 0 fully saturated rings. The van der Waals surface area contributed by atoms with Gasteiger partial charge in [-0.15, -0.1) is 0 Å². The lowest BCUT2D eigenvalue weighted by Gasteiger charge is -2.06. The van der Waals surface area contributed by atoms with Crippen LogP contribution in [0, 0.1) is 17.5 Å². The quantitative estimate of drug-likeness (QED) is 0.835. The van der Waals surface area contributed by atoms with E-state index in [-0.39, 0.29) is 5.56 Å². The van der Waals surface area contributed by atoms with Crippen LogP contribution in [0.25, 0.3) is 0 Å². The molecule has 0 radical (unpaired) electrons. The highest BCUT2D eigenvalue weighted by Gasteiger charge is 2.15. The molecule has 1 heterocycles. The molecule has 6 heteroatoms. The first kappa shape index (κ1) is 12.1. The molecule has 3 nitrogen and oxygen atoms in total. The summed E-state index contributed by atoms with van der Waals surface area (Å²) in [5.74, 6) is -5.04. The van der Waals surface area contributed by atoms with Crippen molar-refractivity contribution in [2.24, 2.45) is 0 Å². The minimum absolute atomic E-state index is 0.182. The maximum Gasteiger partial charge on any atom is 0.257 e. The lowest BCUT2D eigenvalue weighted by atomic mass is 10.2. The first-order valence-corrected chi connectivity index (χ1v) is 4.94. The molecule has 1 aromatic heterocycles. The summed E-state index contributed by atoms with van der Waals surface area (Å²) in [7, 11) is 0. The number of aromatic nitrogens is 1. The summed E-state index contributed by atoms with van der Waals surface area (Å²) in [6.45, 7) is 0. The molecule has 0 saturated carbocycles. The molecule has 92 valence electrons. The van der Waals surface area contributed by atoms with Crippen LogP contribution in [0.3, 0.4) is 0 Å². The minimum Gasteiger partial charge on any atom is -0.319 e. The molecule has 0 saturated heterocycles. The standard InChI is InChI=1S/C12H7F3N2O/c13-8-3-4-9(11(15)10(8)14)17-12(18)7-2-1-5-16-6-7/h1-6H,(H,17,18). The number of rotatable bonds is 2. The molecule has 1 aromatic carbocycles. The van der Waals surface area contributed by atoms with Crippen molar-refractivity contribution in [3.63, 3.8) is 0 Å². The van der Waals surface area contributed by atoms with E-state index in [1.165, 1.54) is 24.5 Å². The lowest BCUT2D eigenvalue weighted by Crippen LogP contribution is -2.14. The highest BCUT2D eigenvalue weighted by atomic mass is 19.2. The molecular formula is C12H7F3N2O.